The topological polar surface area (TPSA) is 59.1 Å². The monoisotopic (exact) mass is 300 g/mol. The van der Waals surface area contributed by atoms with Crippen LogP contribution in [0.4, 0.5) is 0 Å². The van der Waals surface area contributed by atoms with Gasteiger partial charge in [-0.05, 0) is 41.8 Å². The minimum atomic E-state index is -0.168. The number of hydrogen-bond donors (Lipinski definition) is 2. The fourth-order valence-electron chi connectivity index (χ4n) is 3.02. The number of fused-ring (bicyclic) bond motifs is 1. The summed E-state index contributed by atoms with van der Waals surface area (Å²) in [5.41, 5.74) is 8.80. The zero-order valence-corrected chi connectivity index (χ0v) is 13.1. The number of thioether (sulfide) groups is 1. The van der Waals surface area contributed by atoms with E-state index >= 15 is 0 Å². The smallest absolute Gasteiger partial charge is 0.115 e. The Labute approximate surface area is 129 Å². The lowest BCUT2D eigenvalue weighted by Gasteiger charge is -2.43. The maximum Gasteiger partial charge on any atom is 0.115 e. The molecule has 2 atom stereocenters. The summed E-state index contributed by atoms with van der Waals surface area (Å²) in [6.45, 7) is 4.31. The molecule has 0 spiro atoms. The first kappa shape index (κ1) is 14.4. The van der Waals surface area contributed by atoms with Crippen molar-refractivity contribution in [1.29, 1.82) is 0 Å². The summed E-state index contributed by atoms with van der Waals surface area (Å²) in [5, 5.41) is 11.0. The molecule has 0 fully saturated rings. The Morgan fingerprint density at radius 2 is 2.10 bits per heavy atom. The fraction of sp³-hybridized carbons (Fsp3) is 0.353. The predicted octanol–water partition coefficient (Wildman–Crippen LogP) is 3.11. The Balaban J connectivity index is 1.94. The molecule has 0 radical (unpaired) electrons. The van der Waals surface area contributed by atoms with Crippen LogP contribution in [0.3, 0.4) is 0 Å². The third kappa shape index (κ3) is 2.65. The van der Waals surface area contributed by atoms with Gasteiger partial charge < -0.3 is 10.8 Å². The third-order valence-corrected chi connectivity index (χ3v) is 5.60. The van der Waals surface area contributed by atoms with Gasteiger partial charge in [-0.1, -0.05) is 26.0 Å². The second-order valence-electron chi connectivity index (χ2n) is 6.12. The summed E-state index contributed by atoms with van der Waals surface area (Å²) < 4.78 is 0. The molecular weight excluding hydrogens is 280 g/mol. The van der Waals surface area contributed by atoms with Crippen molar-refractivity contribution in [1.82, 2.24) is 4.98 Å². The Kier molecular flexibility index (Phi) is 3.68. The van der Waals surface area contributed by atoms with Gasteiger partial charge in [-0.15, -0.1) is 11.8 Å². The van der Waals surface area contributed by atoms with Crippen molar-refractivity contribution >= 4 is 11.8 Å². The molecule has 1 aromatic heterocycles. The molecule has 0 saturated carbocycles. The summed E-state index contributed by atoms with van der Waals surface area (Å²) in [6.07, 6.45) is 2.72. The molecule has 1 aliphatic rings. The molecule has 3 N–H and O–H groups in total. The van der Waals surface area contributed by atoms with Crippen LogP contribution in [0.5, 0.6) is 5.75 Å². The number of pyridine rings is 1. The van der Waals surface area contributed by atoms with Crippen molar-refractivity contribution in [2.24, 2.45) is 5.73 Å². The fourth-order valence-corrected chi connectivity index (χ4v) is 4.36. The minimum absolute atomic E-state index is 0.0128. The highest BCUT2D eigenvalue weighted by molar-refractivity contribution is 7.99. The first-order valence-corrected chi connectivity index (χ1v) is 8.02. The van der Waals surface area contributed by atoms with Crippen molar-refractivity contribution in [3.63, 3.8) is 0 Å². The summed E-state index contributed by atoms with van der Waals surface area (Å²) in [5.74, 6) is 0.310. The lowest BCUT2D eigenvalue weighted by Crippen LogP contribution is -2.52. The van der Waals surface area contributed by atoms with Gasteiger partial charge in [0, 0.05) is 22.9 Å². The van der Waals surface area contributed by atoms with E-state index in [9.17, 15) is 5.11 Å². The van der Waals surface area contributed by atoms with Gasteiger partial charge in [0.1, 0.15) is 5.75 Å². The second-order valence-corrected chi connectivity index (χ2v) is 7.38. The van der Waals surface area contributed by atoms with Gasteiger partial charge in [-0.25, -0.2) is 4.98 Å². The van der Waals surface area contributed by atoms with Gasteiger partial charge in [-0.3, -0.25) is 0 Å². The molecule has 0 bridgehead atoms. The van der Waals surface area contributed by atoms with Gasteiger partial charge in [0.25, 0.3) is 0 Å². The summed E-state index contributed by atoms with van der Waals surface area (Å²) in [4.78, 5) is 4.39. The zero-order chi connectivity index (χ0) is 15.0. The molecule has 1 aliphatic carbocycles. The van der Waals surface area contributed by atoms with E-state index in [1.807, 2.05) is 36.5 Å². The Morgan fingerprint density at radius 3 is 2.81 bits per heavy atom. The number of benzene rings is 1. The van der Waals surface area contributed by atoms with E-state index in [1.54, 1.807) is 17.8 Å². The van der Waals surface area contributed by atoms with Crippen LogP contribution in [0.25, 0.3) is 0 Å². The SMILES string of the molecule is CC1(C)c2cc(O)ccc2C[C@H](Sc2ccccn2)[C@H]1N. The van der Waals surface area contributed by atoms with Crippen LogP contribution in [0.1, 0.15) is 25.0 Å². The average Bonchev–Trinajstić information content (AvgIpc) is 2.47. The maximum atomic E-state index is 9.75. The lowest BCUT2D eigenvalue weighted by atomic mass is 9.69. The van der Waals surface area contributed by atoms with Crippen molar-refractivity contribution < 1.29 is 5.11 Å². The highest BCUT2D eigenvalue weighted by Gasteiger charge is 2.41. The van der Waals surface area contributed by atoms with E-state index in [4.69, 9.17) is 5.73 Å². The van der Waals surface area contributed by atoms with E-state index < -0.39 is 0 Å². The quantitative estimate of drug-likeness (QED) is 0.894. The van der Waals surface area contributed by atoms with Gasteiger partial charge in [0.2, 0.25) is 0 Å². The first-order chi connectivity index (χ1) is 9.98. The van der Waals surface area contributed by atoms with Crippen LogP contribution >= 0.6 is 11.8 Å². The third-order valence-electron chi connectivity index (χ3n) is 4.35. The lowest BCUT2D eigenvalue weighted by molar-refractivity contribution is 0.369. The normalized spacial score (nSPS) is 23.6. The van der Waals surface area contributed by atoms with Crippen LogP contribution in [0.15, 0.2) is 47.6 Å². The largest absolute Gasteiger partial charge is 0.508 e. The average molecular weight is 300 g/mol. The Bertz CT molecular complexity index is 642. The molecule has 110 valence electrons. The van der Waals surface area contributed by atoms with Crippen molar-refractivity contribution in [3.05, 3.63) is 53.7 Å². The molecule has 4 heteroatoms. The van der Waals surface area contributed by atoms with E-state index in [2.05, 4.69) is 18.8 Å². The maximum absolute atomic E-state index is 9.75. The number of hydrogen-bond acceptors (Lipinski definition) is 4. The number of rotatable bonds is 2. The van der Waals surface area contributed by atoms with Gasteiger partial charge in [-0.2, -0.15) is 0 Å². The molecule has 0 saturated heterocycles. The predicted molar refractivity (Wildman–Crippen MR) is 86.7 cm³/mol. The number of nitrogens with zero attached hydrogens (tertiary/aromatic N) is 1. The van der Waals surface area contributed by atoms with E-state index in [0.717, 1.165) is 17.0 Å². The van der Waals surface area contributed by atoms with Crippen LogP contribution in [0, 0.1) is 0 Å². The Morgan fingerprint density at radius 1 is 1.29 bits per heavy atom. The van der Waals surface area contributed by atoms with Crippen LogP contribution < -0.4 is 5.73 Å². The van der Waals surface area contributed by atoms with E-state index in [0.29, 0.717) is 5.75 Å². The highest BCUT2D eigenvalue weighted by atomic mass is 32.2. The zero-order valence-electron chi connectivity index (χ0n) is 12.3. The molecule has 3 rings (SSSR count). The Hall–Kier alpha value is -1.52. The molecule has 0 aliphatic heterocycles. The van der Waals surface area contributed by atoms with Gasteiger partial charge in [0.15, 0.2) is 0 Å². The van der Waals surface area contributed by atoms with Gasteiger partial charge >= 0.3 is 0 Å². The minimum Gasteiger partial charge on any atom is -0.508 e. The van der Waals surface area contributed by atoms with E-state index in [-0.39, 0.29) is 16.7 Å². The van der Waals surface area contributed by atoms with Crippen LogP contribution in [0.2, 0.25) is 0 Å². The van der Waals surface area contributed by atoms with Crippen LogP contribution in [-0.2, 0) is 11.8 Å². The molecule has 0 unspecified atom stereocenters. The molecule has 3 nitrogen and oxygen atoms in total. The molecule has 2 aromatic rings. The highest BCUT2D eigenvalue weighted by Crippen LogP contribution is 2.42. The number of nitrogens with two attached hydrogens (primary N) is 1. The summed E-state index contributed by atoms with van der Waals surface area (Å²) >= 11 is 1.74. The molecule has 0 amide bonds. The van der Waals surface area contributed by atoms with Gasteiger partial charge in [0.05, 0.1) is 5.03 Å². The number of phenolic OH excluding ortho intramolecular Hbond substituents is 1. The van der Waals surface area contributed by atoms with E-state index in [1.165, 1.54) is 5.56 Å². The van der Waals surface area contributed by atoms with Crippen molar-refractivity contribution in [2.75, 3.05) is 0 Å². The second kappa shape index (κ2) is 5.35. The molecule has 1 heterocycles. The standard InChI is InChI=1S/C17H20N2OS/c1-17(2)13-10-12(20)7-6-11(13)9-14(16(17)18)21-15-5-3-4-8-19-15/h3-8,10,14,16,20H,9,18H2,1-2H3/t14-,16+/m0/s1. The number of phenols is 1. The van der Waals surface area contributed by atoms with Crippen LogP contribution in [-0.4, -0.2) is 21.4 Å². The number of aromatic hydroxyl groups is 1. The van der Waals surface area contributed by atoms with Crippen molar-refractivity contribution in [2.45, 2.75) is 42.0 Å². The molecular formula is C17H20N2OS. The molecule has 1 aromatic carbocycles. The first-order valence-electron chi connectivity index (χ1n) is 7.14. The summed E-state index contributed by atoms with van der Waals surface area (Å²) in [6, 6.07) is 11.6. The molecule has 21 heavy (non-hydrogen) atoms. The number of aromatic nitrogens is 1. The summed E-state index contributed by atoms with van der Waals surface area (Å²) in [7, 11) is 0. The van der Waals surface area contributed by atoms with Crippen molar-refractivity contribution in [3.8, 4) is 5.75 Å².